The monoisotopic (exact) mass is 426 g/mol. The fourth-order valence-corrected chi connectivity index (χ4v) is 2.49. The number of hydrogen-bond acceptors (Lipinski definition) is 4. The number of halogens is 1. The predicted molar refractivity (Wildman–Crippen MR) is 105 cm³/mol. The molecule has 2 aromatic carbocycles. The van der Waals surface area contributed by atoms with Crippen molar-refractivity contribution in [3.63, 3.8) is 0 Å². The van der Waals surface area contributed by atoms with E-state index < -0.39 is 11.9 Å². The summed E-state index contributed by atoms with van der Waals surface area (Å²) in [6.07, 6.45) is 3.01. The standard InChI is InChI=1S/C20H15BrN2O4/c1-2-9-27-18-8-5-16(21)11-14(18)10-15(12-22)19(24)23-17-6-3-13(4-7-17)20(25)26/h2-8,10-11H,1,9H2,(H,23,24)(H,25,26)/b15-10+. The van der Waals surface area contributed by atoms with Gasteiger partial charge in [-0.25, -0.2) is 4.79 Å². The summed E-state index contributed by atoms with van der Waals surface area (Å²) in [4.78, 5) is 23.3. The van der Waals surface area contributed by atoms with Crippen molar-refractivity contribution < 1.29 is 19.4 Å². The first-order valence-corrected chi connectivity index (χ1v) is 8.53. The van der Waals surface area contributed by atoms with E-state index in [1.54, 1.807) is 24.3 Å². The van der Waals surface area contributed by atoms with Crippen molar-refractivity contribution >= 4 is 39.6 Å². The Morgan fingerprint density at radius 2 is 1.96 bits per heavy atom. The highest BCUT2D eigenvalue weighted by molar-refractivity contribution is 9.10. The molecule has 2 N–H and O–H groups in total. The second-order valence-electron chi connectivity index (χ2n) is 5.29. The summed E-state index contributed by atoms with van der Waals surface area (Å²) >= 11 is 3.35. The molecule has 2 aromatic rings. The summed E-state index contributed by atoms with van der Waals surface area (Å²) in [5.41, 5.74) is 0.906. The summed E-state index contributed by atoms with van der Waals surface area (Å²) in [5, 5.41) is 20.8. The number of anilines is 1. The average Bonchev–Trinajstić information content (AvgIpc) is 2.65. The number of nitrogens with zero attached hydrogens (tertiary/aromatic N) is 1. The van der Waals surface area contributed by atoms with Crippen molar-refractivity contribution in [1.82, 2.24) is 0 Å². The molecule has 0 unspecified atom stereocenters. The maximum Gasteiger partial charge on any atom is 0.335 e. The molecule has 0 bridgehead atoms. The van der Waals surface area contributed by atoms with Gasteiger partial charge in [-0.1, -0.05) is 28.6 Å². The Balaban J connectivity index is 2.26. The molecule has 6 nitrogen and oxygen atoms in total. The molecule has 0 heterocycles. The van der Waals surface area contributed by atoms with Crippen LogP contribution in [0.2, 0.25) is 0 Å². The van der Waals surface area contributed by atoms with Gasteiger partial charge in [0.15, 0.2) is 0 Å². The van der Waals surface area contributed by atoms with Crippen LogP contribution < -0.4 is 10.1 Å². The van der Waals surface area contributed by atoms with Gasteiger partial charge in [0.25, 0.3) is 5.91 Å². The lowest BCUT2D eigenvalue weighted by molar-refractivity contribution is -0.112. The third kappa shape index (κ3) is 5.56. The van der Waals surface area contributed by atoms with E-state index in [2.05, 4.69) is 27.8 Å². The number of carbonyl (C=O) groups excluding carboxylic acids is 1. The van der Waals surface area contributed by atoms with Crippen LogP contribution in [0.25, 0.3) is 6.08 Å². The van der Waals surface area contributed by atoms with Crippen molar-refractivity contribution in [3.05, 3.63) is 76.3 Å². The summed E-state index contributed by atoms with van der Waals surface area (Å²) < 4.78 is 6.31. The van der Waals surface area contributed by atoms with E-state index in [1.165, 1.54) is 30.3 Å². The lowest BCUT2D eigenvalue weighted by Gasteiger charge is -2.09. The summed E-state index contributed by atoms with van der Waals surface area (Å²) in [6.45, 7) is 3.87. The minimum atomic E-state index is -1.06. The minimum absolute atomic E-state index is 0.0993. The van der Waals surface area contributed by atoms with E-state index in [9.17, 15) is 14.9 Å². The molecule has 0 aliphatic heterocycles. The SMILES string of the molecule is C=CCOc1ccc(Br)cc1/C=C(\C#N)C(=O)Nc1ccc(C(=O)O)cc1. The number of carboxylic acid groups (broad SMARTS) is 1. The molecule has 0 fully saturated rings. The zero-order valence-electron chi connectivity index (χ0n) is 14.1. The third-order valence-electron chi connectivity index (χ3n) is 3.38. The first-order valence-electron chi connectivity index (χ1n) is 7.74. The molecular formula is C20H15BrN2O4. The Hall–Kier alpha value is -3.37. The van der Waals surface area contributed by atoms with Gasteiger partial charge in [0, 0.05) is 15.7 Å². The van der Waals surface area contributed by atoms with Crippen molar-refractivity contribution in [2.24, 2.45) is 0 Å². The highest BCUT2D eigenvalue weighted by Crippen LogP contribution is 2.26. The van der Waals surface area contributed by atoms with E-state index in [4.69, 9.17) is 9.84 Å². The molecule has 0 aromatic heterocycles. The van der Waals surface area contributed by atoms with Crippen LogP contribution in [-0.4, -0.2) is 23.6 Å². The Bertz CT molecular complexity index is 943. The highest BCUT2D eigenvalue weighted by atomic mass is 79.9. The molecule has 27 heavy (non-hydrogen) atoms. The van der Waals surface area contributed by atoms with Crippen LogP contribution in [0.5, 0.6) is 5.75 Å². The second-order valence-corrected chi connectivity index (χ2v) is 6.20. The molecule has 1 amide bonds. The molecule has 0 atom stereocenters. The molecule has 0 spiro atoms. The van der Waals surface area contributed by atoms with Crippen molar-refractivity contribution in [1.29, 1.82) is 5.26 Å². The molecule has 0 aliphatic rings. The molecule has 0 saturated heterocycles. The highest BCUT2D eigenvalue weighted by Gasteiger charge is 2.12. The maximum absolute atomic E-state index is 12.4. The van der Waals surface area contributed by atoms with E-state index in [-0.39, 0.29) is 17.7 Å². The quantitative estimate of drug-likeness (QED) is 0.391. The van der Waals surface area contributed by atoms with Gasteiger partial charge in [0.1, 0.15) is 24.0 Å². The van der Waals surface area contributed by atoms with E-state index in [0.717, 1.165) is 4.47 Å². The van der Waals surface area contributed by atoms with Crippen LogP contribution in [-0.2, 0) is 4.79 Å². The van der Waals surface area contributed by atoms with Crippen molar-refractivity contribution in [3.8, 4) is 11.8 Å². The van der Waals surface area contributed by atoms with Gasteiger partial charge in [-0.05, 0) is 48.5 Å². The average molecular weight is 427 g/mol. The van der Waals surface area contributed by atoms with Gasteiger partial charge in [-0.3, -0.25) is 4.79 Å². The smallest absolute Gasteiger partial charge is 0.335 e. The van der Waals surface area contributed by atoms with E-state index in [0.29, 0.717) is 17.0 Å². The zero-order valence-corrected chi connectivity index (χ0v) is 15.7. The molecule has 0 radical (unpaired) electrons. The Labute approximate surface area is 164 Å². The van der Waals surface area contributed by atoms with Crippen LogP contribution in [0, 0.1) is 11.3 Å². The normalized spacial score (nSPS) is 10.6. The predicted octanol–water partition coefficient (Wildman–Crippen LogP) is 4.26. The summed E-state index contributed by atoms with van der Waals surface area (Å²) in [7, 11) is 0. The third-order valence-corrected chi connectivity index (χ3v) is 3.88. The number of rotatable bonds is 7. The fourth-order valence-electron chi connectivity index (χ4n) is 2.11. The van der Waals surface area contributed by atoms with Crippen molar-refractivity contribution in [2.45, 2.75) is 0 Å². The van der Waals surface area contributed by atoms with Crippen LogP contribution >= 0.6 is 15.9 Å². The molecule has 0 saturated carbocycles. The van der Waals surface area contributed by atoms with Gasteiger partial charge >= 0.3 is 5.97 Å². The topological polar surface area (TPSA) is 99.4 Å². The van der Waals surface area contributed by atoms with E-state index >= 15 is 0 Å². The van der Waals surface area contributed by atoms with Gasteiger partial charge in [0.2, 0.25) is 0 Å². The van der Waals surface area contributed by atoms with Gasteiger partial charge in [0.05, 0.1) is 5.56 Å². The van der Waals surface area contributed by atoms with Crippen LogP contribution in [0.3, 0.4) is 0 Å². The van der Waals surface area contributed by atoms with Crippen LogP contribution in [0.15, 0.2) is 65.2 Å². The first kappa shape index (κ1) is 19.9. The number of benzene rings is 2. The van der Waals surface area contributed by atoms with Gasteiger partial charge < -0.3 is 15.2 Å². The first-order chi connectivity index (χ1) is 12.9. The molecule has 0 aliphatic carbocycles. The molecule has 7 heteroatoms. The number of nitriles is 1. The lowest BCUT2D eigenvalue weighted by atomic mass is 10.1. The number of aromatic carboxylic acids is 1. The van der Waals surface area contributed by atoms with Gasteiger partial charge in [-0.15, -0.1) is 0 Å². The van der Waals surface area contributed by atoms with Crippen LogP contribution in [0.4, 0.5) is 5.69 Å². The van der Waals surface area contributed by atoms with Crippen molar-refractivity contribution in [2.75, 3.05) is 11.9 Å². The zero-order chi connectivity index (χ0) is 19.8. The number of carboxylic acids is 1. The number of ether oxygens (including phenoxy) is 1. The lowest BCUT2D eigenvalue weighted by Crippen LogP contribution is -2.13. The van der Waals surface area contributed by atoms with E-state index in [1.807, 2.05) is 6.07 Å². The Morgan fingerprint density at radius 3 is 2.56 bits per heavy atom. The second kappa shape index (κ2) is 9.36. The number of carbonyl (C=O) groups is 2. The molecule has 2 rings (SSSR count). The minimum Gasteiger partial charge on any atom is -0.489 e. The molecule has 136 valence electrons. The Kier molecular flexibility index (Phi) is 6.92. The van der Waals surface area contributed by atoms with Crippen LogP contribution in [0.1, 0.15) is 15.9 Å². The largest absolute Gasteiger partial charge is 0.489 e. The maximum atomic E-state index is 12.4. The summed E-state index contributed by atoms with van der Waals surface area (Å²) in [5.74, 6) is -1.17. The number of nitrogens with one attached hydrogen (secondary N) is 1. The van der Waals surface area contributed by atoms with Gasteiger partial charge in [-0.2, -0.15) is 5.26 Å². The molecular weight excluding hydrogens is 412 g/mol. The fraction of sp³-hybridized carbons (Fsp3) is 0.0500. The Morgan fingerprint density at radius 1 is 1.26 bits per heavy atom. The number of amides is 1. The summed E-state index contributed by atoms with van der Waals surface area (Å²) in [6, 6.07) is 12.7. The number of hydrogen-bond donors (Lipinski definition) is 2.